The van der Waals surface area contributed by atoms with Crippen molar-refractivity contribution in [3.8, 4) is 11.8 Å². The summed E-state index contributed by atoms with van der Waals surface area (Å²) in [6.07, 6.45) is 6.65. The van der Waals surface area contributed by atoms with E-state index in [0.29, 0.717) is 49.7 Å². The molecule has 2 aromatic heterocycles. The summed E-state index contributed by atoms with van der Waals surface area (Å²) in [5.74, 6) is 7.84. The number of thiophene rings is 1. The first-order valence-electron chi connectivity index (χ1n) is 20.2. The van der Waals surface area contributed by atoms with Crippen molar-refractivity contribution in [1.82, 2.24) is 9.97 Å². The van der Waals surface area contributed by atoms with Crippen molar-refractivity contribution in [1.29, 1.82) is 0 Å². The van der Waals surface area contributed by atoms with Gasteiger partial charge in [0.15, 0.2) is 16.6 Å². The highest BCUT2D eigenvalue weighted by Crippen LogP contribution is 2.47. The zero-order valence-electron chi connectivity index (χ0n) is 36.2. The van der Waals surface area contributed by atoms with Gasteiger partial charge < -0.3 is 18.6 Å². The highest BCUT2D eigenvalue weighted by Gasteiger charge is 2.50. The molecule has 2 aliphatic carbocycles. The second kappa shape index (κ2) is 17.2. The SMILES string of the molecule is CC(C)[Si](O[C@H]1C[C@H](Nc2ncncc2C(=O)c2cc([C@H](C#CC3CC3)O[Si](C)(C)C(C)(C)C)c(Cl)s2)C[C@@H]1CO[Si](C)(C)C(C)(C)C)(C(C)C)C(C)C. The van der Waals surface area contributed by atoms with E-state index >= 15 is 0 Å². The number of nitrogens with one attached hydrogen (secondary N) is 1. The molecule has 2 saturated carbocycles. The van der Waals surface area contributed by atoms with Crippen molar-refractivity contribution in [3.05, 3.63) is 38.9 Å². The number of rotatable bonds is 15. The summed E-state index contributed by atoms with van der Waals surface area (Å²) in [5.41, 5.74) is 2.63. The standard InChI is InChI=1S/C42H70ClN3O4SSi3/c1-27(2)54(28(3)4,29(5)6)50-36-22-32(21-31(36)25-48-52(13,14)41(7,8)9)46-40-34(24-44-26-45-40)38(47)37-23-33(39(43)51-37)35(20-19-30-17-18-30)49-53(15,16)42(10,11)12/h23-24,26-32,35-36H,17-18,21-22,25H2,1-16H3,(H,44,45,46)/t31-,32-,35+,36+/m1/s1. The lowest BCUT2D eigenvalue weighted by atomic mass is 10.1. The first-order valence-corrected chi connectivity index (χ1v) is 29.4. The average Bonchev–Trinajstić information content (AvgIpc) is 3.68. The molecule has 2 fully saturated rings. The largest absolute Gasteiger partial charge is 0.416 e. The Labute approximate surface area is 340 Å². The van der Waals surface area contributed by atoms with Gasteiger partial charge in [-0.3, -0.25) is 4.79 Å². The van der Waals surface area contributed by atoms with Gasteiger partial charge in [-0.05, 0) is 84.6 Å². The number of carbonyl (C=O) groups is 1. The van der Waals surface area contributed by atoms with Crippen LogP contribution in [0.2, 0.25) is 57.2 Å². The van der Waals surface area contributed by atoms with E-state index in [4.69, 9.17) is 24.9 Å². The van der Waals surface area contributed by atoms with E-state index in [1.165, 1.54) is 17.7 Å². The van der Waals surface area contributed by atoms with Crippen molar-refractivity contribution in [2.45, 2.75) is 180 Å². The molecule has 0 spiro atoms. The van der Waals surface area contributed by atoms with Gasteiger partial charge in [0.1, 0.15) is 22.6 Å². The van der Waals surface area contributed by atoms with Crippen LogP contribution in [0.25, 0.3) is 0 Å². The van der Waals surface area contributed by atoms with Crippen molar-refractivity contribution in [2.75, 3.05) is 11.9 Å². The van der Waals surface area contributed by atoms with Gasteiger partial charge in [0.2, 0.25) is 14.1 Å². The van der Waals surface area contributed by atoms with Gasteiger partial charge in [-0.25, -0.2) is 9.97 Å². The van der Waals surface area contributed by atoms with Gasteiger partial charge in [-0.15, -0.1) is 11.3 Å². The van der Waals surface area contributed by atoms with E-state index in [2.05, 4.69) is 136 Å². The topological polar surface area (TPSA) is 82.6 Å². The van der Waals surface area contributed by atoms with Crippen molar-refractivity contribution < 1.29 is 18.1 Å². The third kappa shape index (κ3) is 10.4. The summed E-state index contributed by atoms with van der Waals surface area (Å²) in [4.78, 5) is 23.8. The number of anilines is 1. The Balaban J connectivity index is 1.63. The molecule has 0 radical (unpaired) electrons. The molecule has 54 heavy (non-hydrogen) atoms. The molecule has 4 atom stereocenters. The van der Waals surface area contributed by atoms with E-state index in [1.54, 1.807) is 6.20 Å². The number of carbonyl (C=O) groups excluding carboxylic acids is 1. The summed E-state index contributed by atoms with van der Waals surface area (Å²) >= 11 is 8.21. The molecule has 2 aromatic rings. The van der Waals surface area contributed by atoms with Gasteiger partial charge >= 0.3 is 0 Å². The fourth-order valence-electron chi connectivity index (χ4n) is 7.40. The minimum Gasteiger partial charge on any atom is -0.416 e. The van der Waals surface area contributed by atoms with Crippen LogP contribution in [0.1, 0.15) is 136 Å². The van der Waals surface area contributed by atoms with Crippen LogP contribution in [0.4, 0.5) is 5.82 Å². The Morgan fingerprint density at radius 1 is 0.963 bits per heavy atom. The van der Waals surface area contributed by atoms with E-state index in [9.17, 15) is 4.79 Å². The summed E-state index contributed by atoms with van der Waals surface area (Å²) in [7, 11) is -6.34. The van der Waals surface area contributed by atoms with E-state index < -0.39 is 31.1 Å². The monoisotopic (exact) mass is 831 g/mol. The molecular formula is C42H70ClN3O4SSi3. The van der Waals surface area contributed by atoms with Crippen LogP contribution < -0.4 is 5.32 Å². The number of nitrogens with zero attached hydrogens (tertiary/aromatic N) is 2. The van der Waals surface area contributed by atoms with Crippen LogP contribution in [-0.2, 0) is 13.3 Å². The Kier molecular flexibility index (Phi) is 14.5. The lowest BCUT2D eigenvalue weighted by Crippen LogP contribution is -2.51. The Morgan fingerprint density at radius 3 is 2.09 bits per heavy atom. The highest BCUT2D eigenvalue weighted by molar-refractivity contribution is 7.18. The lowest BCUT2D eigenvalue weighted by Gasteiger charge is -2.45. The predicted octanol–water partition coefficient (Wildman–Crippen LogP) is 12.7. The first-order chi connectivity index (χ1) is 24.8. The van der Waals surface area contributed by atoms with Gasteiger partial charge in [-0.1, -0.05) is 107 Å². The smallest absolute Gasteiger partial charge is 0.208 e. The molecule has 0 unspecified atom stereocenters. The minimum atomic E-state index is -2.20. The summed E-state index contributed by atoms with van der Waals surface area (Å²) < 4.78 is 21.7. The second-order valence-electron chi connectivity index (χ2n) is 19.9. The fourth-order valence-corrected chi connectivity index (χ4v) is 16.5. The van der Waals surface area contributed by atoms with Crippen molar-refractivity contribution in [2.24, 2.45) is 11.8 Å². The van der Waals surface area contributed by atoms with Gasteiger partial charge in [0.05, 0.1) is 16.5 Å². The van der Waals surface area contributed by atoms with E-state index in [1.807, 2.05) is 6.07 Å². The summed E-state index contributed by atoms with van der Waals surface area (Å²) in [6, 6.07) is 1.94. The number of hydrogen-bond donors (Lipinski definition) is 1. The number of hydrogen-bond acceptors (Lipinski definition) is 8. The normalized spacial score (nSPS) is 20.8. The zero-order valence-corrected chi connectivity index (χ0v) is 40.8. The highest BCUT2D eigenvalue weighted by atomic mass is 35.5. The average molecular weight is 833 g/mol. The maximum atomic E-state index is 14.3. The lowest BCUT2D eigenvalue weighted by molar-refractivity contribution is 0.0971. The molecule has 0 saturated heterocycles. The molecule has 0 bridgehead atoms. The molecule has 0 amide bonds. The van der Waals surface area contributed by atoms with Crippen LogP contribution >= 0.6 is 22.9 Å². The van der Waals surface area contributed by atoms with E-state index in [-0.39, 0.29) is 33.9 Å². The Hall–Kier alpha value is -1.37. The maximum absolute atomic E-state index is 14.3. The Morgan fingerprint density at radius 2 is 1.56 bits per heavy atom. The van der Waals surface area contributed by atoms with Crippen molar-refractivity contribution in [3.63, 3.8) is 0 Å². The molecule has 4 rings (SSSR count). The predicted molar refractivity (Wildman–Crippen MR) is 236 cm³/mol. The van der Waals surface area contributed by atoms with Crippen LogP contribution in [0, 0.1) is 23.7 Å². The molecule has 302 valence electrons. The Bertz CT molecular complexity index is 1640. The minimum absolute atomic E-state index is 0.00218. The third-order valence-corrected chi connectivity index (χ3v) is 29.3. The quantitative estimate of drug-likeness (QED) is 0.109. The number of aromatic nitrogens is 2. The van der Waals surface area contributed by atoms with Gasteiger partial charge in [-0.2, -0.15) is 0 Å². The van der Waals surface area contributed by atoms with Crippen LogP contribution in [0.15, 0.2) is 18.6 Å². The number of halogens is 1. The van der Waals surface area contributed by atoms with Gasteiger partial charge in [0.25, 0.3) is 0 Å². The van der Waals surface area contributed by atoms with Crippen LogP contribution in [-0.4, -0.2) is 59.5 Å². The molecule has 7 nitrogen and oxygen atoms in total. The molecule has 1 N–H and O–H groups in total. The first kappa shape index (κ1) is 45.3. The van der Waals surface area contributed by atoms with E-state index in [0.717, 1.165) is 31.2 Å². The van der Waals surface area contributed by atoms with Crippen molar-refractivity contribution >= 4 is 59.5 Å². The molecule has 2 heterocycles. The van der Waals surface area contributed by atoms with Crippen LogP contribution in [0.5, 0.6) is 0 Å². The van der Waals surface area contributed by atoms with Gasteiger partial charge in [0, 0.05) is 36.2 Å². The maximum Gasteiger partial charge on any atom is 0.208 e. The zero-order chi connectivity index (χ0) is 40.6. The molecule has 0 aliphatic heterocycles. The summed E-state index contributed by atoms with van der Waals surface area (Å²) in [6.45, 7) is 37.4. The molecule has 2 aliphatic rings. The second-order valence-corrected chi connectivity index (χ2v) is 36.5. The van der Waals surface area contributed by atoms with Crippen LogP contribution in [0.3, 0.4) is 0 Å². The molecular weight excluding hydrogens is 762 g/mol. The fraction of sp³-hybridized carbons (Fsp3) is 0.738. The number of ketones is 1. The summed E-state index contributed by atoms with van der Waals surface area (Å²) in [5, 5.41) is 3.82. The third-order valence-electron chi connectivity index (χ3n) is 12.9. The molecule has 0 aromatic carbocycles. The molecule has 12 heteroatoms.